The number of ether oxygens (including phenoxy) is 1. The Balaban J connectivity index is 1.40. The van der Waals surface area contributed by atoms with Crippen LogP contribution in [0.25, 0.3) is 21.9 Å². The highest BCUT2D eigenvalue weighted by atomic mass is 16.5. The fourth-order valence-electron chi connectivity index (χ4n) is 3.91. The number of hydrogen-bond donors (Lipinski definition) is 0. The Bertz CT molecular complexity index is 1200. The van der Waals surface area contributed by atoms with E-state index in [0.29, 0.717) is 5.88 Å². The molecule has 1 aromatic carbocycles. The number of benzene rings is 1. The summed E-state index contributed by atoms with van der Waals surface area (Å²) in [6, 6.07) is 6.24. The number of aromatic nitrogens is 6. The first-order valence-electron chi connectivity index (χ1n) is 9.59. The molecule has 1 aliphatic rings. The van der Waals surface area contributed by atoms with Crippen LogP contribution in [0.2, 0.25) is 0 Å². The summed E-state index contributed by atoms with van der Waals surface area (Å²) in [4.78, 5) is 22.5. The lowest BCUT2D eigenvalue weighted by molar-refractivity contribution is 0.402. The van der Waals surface area contributed by atoms with Crippen LogP contribution in [-0.4, -0.2) is 63.0 Å². The van der Waals surface area contributed by atoms with E-state index in [-0.39, 0.29) is 0 Å². The van der Waals surface area contributed by atoms with Gasteiger partial charge in [-0.05, 0) is 25.1 Å². The topological polar surface area (TPSA) is 85.1 Å². The molecule has 9 nitrogen and oxygen atoms in total. The maximum absolute atomic E-state index is 5.40. The zero-order valence-corrected chi connectivity index (χ0v) is 16.7. The second-order valence-electron chi connectivity index (χ2n) is 7.16. The molecule has 0 amide bonds. The maximum Gasteiger partial charge on any atom is 0.224 e. The molecule has 0 atom stereocenters. The predicted molar refractivity (Wildman–Crippen MR) is 112 cm³/mol. The van der Waals surface area contributed by atoms with Crippen molar-refractivity contribution < 1.29 is 4.74 Å². The SMILES string of the molecule is COc1ncnc2ccc(N3CCN(c4nc(C)nc5c4cnn5C)CC3)cc12. The van der Waals surface area contributed by atoms with Crippen LogP contribution in [0.5, 0.6) is 5.88 Å². The fourth-order valence-corrected chi connectivity index (χ4v) is 3.91. The summed E-state index contributed by atoms with van der Waals surface area (Å²) in [7, 11) is 3.55. The van der Waals surface area contributed by atoms with E-state index in [9.17, 15) is 0 Å². The Morgan fingerprint density at radius 2 is 1.76 bits per heavy atom. The third kappa shape index (κ3) is 2.98. The Kier molecular flexibility index (Phi) is 4.15. The third-order valence-electron chi connectivity index (χ3n) is 5.40. The molecular formula is C20H22N8O. The van der Waals surface area contributed by atoms with Gasteiger partial charge in [0.1, 0.15) is 18.0 Å². The van der Waals surface area contributed by atoms with Crippen LogP contribution in [0.3, 0.4) is 0 Å². The number of fused-ring (bicyclic) bond motifs is 2. The lowest BCUT2D eigenvalue weighted by Gasteiger charge is -2.37. The van der Waals surface area contributed by atoms with E-state index < -0.39 is 0 Å². The minimum absolute atomic E-state index is 0.603. The highest BCUT2D eigenvalue weighted by Gasteiger charge is 2.22. The molecule has 3 aromatic heterocycles. The molecule has 0 saturated carbocycles. The minimum Gasteiger partial charge on any atom is -0.480 e. The van der Waals surface area contributed by atoms with E-state index >= 15 is 0 Å². The smallest absolute Gasteiger partial charge is 0.224 e. The second kappa shape index (κ2) is 6.84. The van der Waals surface area contributed by atoms with Gasteiger partial charge < -0.3 is 14.5 Å². The van der Waals surface area contributed by atoms with Crippen LogP contribution >= 0.6 is 0 Å². The zero-order chi connectivity index (χ0) is 20.0. The van der Waals surface area contributed by atoms with Gasteiger partial charge >= 0.3 is 0 Å². The van der Waals surface area contributed by atoms with Crippen LogP contribution in [0.1, 0.15) is 5.82 Å². The molecule has 5 rings (SSSR count). The first kappa shape index (κ1) is 17.6. The van der Waals surface area contributed by atoms with Gasteiger partial charge in [-0.3, -0.25) is 4.68 Å². The van der Waals surface area contributed by atoms with Crippen LogP contribution in [-0.2, 0) is 7.05 Å². The molecule has 0 unspecified atom stereocenters. The van der Waals surface area contributed by atoms with Crippen LogP contribution < -0.4 is 14.5 Å². The van der Waals surface area contributed by atoms with E-state index in [1.165, 1.54) is 6.33 Å². The van der Waals surface area contributed by atoms with Crippen molar-refractivity contribution in [2.45, 2.75) is 6.92 Å². The average Bonchev–Trinajstić information content (AvgIpc) is 3.13. The van der Waals surface area contributed by atoms with Gasteiger partial charge in [0.05, 0.1) is 29.6 Å². The summed E-state index contributed by atoms with van der Waals surface area (Å²) < 4.78 is 7.20. The van der Waals surface area contributed by atoms with Crippen molar-refractivity contribution in [3.8, 4) is 5.88 Å². The molecule has 0 spiro atoms. The molecule has 0 bridgehead atoms. The summed E-state index contributed by atoms with van der Waals surface area (Å²) in [6.45, 7) is 5.47. The first-order valence-corrected chi connectivity index (χ1v) is 9.59. The summed E-state index contributed by atoms with van der Waals surface area (Å²) in [5, 5.41) is 6.28. The number of rotatable bonds is 3. The van der Waals surface area contributed by atoms with Crippen molar-refractivity contribution in [1.82, 2.24) is 29.7 Å². The Morgan fingerprint density at radius 1 is 0.966 bits per heavy atom. The number of methoxy groups -OCH3 is 1. The first-order chi connectivity index (χ1) is 14.1. The summed E-state index contributed by atoms with van der Waals surface area (Å²) in [5.74, 6) is 2.33. The van der Waals surface area contributed by atoms with Crippen molar-refractivity contribution in [3.63, 3.8) is 0 Å². The van der Waals surface area contributed by atoms with Crippen LogP contribution in [0.4, 0.5) is 11.5 Å². The summed E-state index contributed by atoms with van der Waals surface area (Å²) in [5.41, 5.74) is 2.90. The molecule has 4 aromatic rings. The van der Waals surface area contributed by atoms with Crippen molar-refractivity contribution in [2.75, 3.05) is 43.1 Å². The van der Waals surface area contributed by atoms with Crippen molar-refractivity contribution in [2.24, 2.45) is 7.05 Å². The van der Waals surface area contributed by atoms with E-state index in [1.54, 1.807) is 11.8 Å². The quantitative estimate of drug-likeness (QED) is 0.525. The highest BCUT2D eigenvalue weighted by molar-refractivity contribution is 5.88. The van der Waals surface area contributed by atoms with Gasteiger partial charge in [-0.1, -0.05) is 0 Å². The number of piperazine rings is 1. The molecule has 0 aliphatic carbocycles. The normalized spacial score (nSPS) is 14.7. The van der Waals surface area contributed by atoms with E-state index in [4.69, 9.17) is 9.72 Å². The molecule has 0 radical (unpaired) electrons. The fraction of sp³-hybridized carbons (Fsp3) is 0.350. The number of anilines is 2. The number of nitrogens with zero attached hydrogens (tertiary/aromatic N) is 8. The molecule has 29 heavy (non-hydrogen) atoms. The molecule has 1 fully saturated rings. The Labute approximate surface area is 168 Å². The molecule has 9 heteroatoms. The van der Waals surface area contributed by atoms with E-state index in [1.807, 2.05) is 26.2 Å². The lowest BCUT2D eigenvalue weighted by Crippen LogP contribution is -2.47. The van der Waals surface area contributed by atoms with Gasteiger partial charge in [-0.15, -0.1) is 0 Å². The van der Waals surface area contributed by atoms with Crippen LogP contribution in [0, 0.1) is 6.92 Å². The van der Waals surface area contributed by atoms with Gasteiger partial charge in [0.15, 0.2) is 5.65 Å². The van der Waals surface area contributed by atoms with Gasteiger partial charge in [0.25, 0.3) is 0 Å². The predicted octanol–water partition coefficient (Wildman–Crippen LogP) is 1.95. The molecule has 0 N–H and O–H groups in total. The molecule has 4 heterocycles. The van der Waals surface area contributed by atoms with Crippen molar-refractivity contribution in [1.29, 1.82) is 0 Å². The van der Waals surface area contributed by atoms with Crippen molar-refractivity contribution >= 4 is 33.4 Å². The highest BCUT2D eigenvalue weighted by Crippen LogP contribution is 2.29. The monoisotopic (exact) mass is 390 g/mol. The van der Waals surface area contributed by atoms with Gasteiger partial charge in [0, 0.05) is 38.9 Å². The standard InChI is InChI=1S/C20H22N8O/c1-13-24-18-16(11-23-26(18)2)19(25-13)28-8-6-27(7-9-28)14-4-5-17-15(10-14)20(29-3)22-12-21-17/h4-5,10-12H,6-9H2,1-3H3. The summed E-state index contributed by atoms with van der Waals surface area (Å²) in [6.07, 6.45) is 3.38. The van der Waals surface area contributed by atoms with E-state index in [0.717, 1.165) is 65.4 Å². The molecule has 1 saturated heterocycles. The largest absolute Gasteiger partial charge is 0.480 e. The Morgan fingerprint density at radius 3 is 2.55 bits per heavy atom. The van der Waals surface area contributed by atoms with Gasteiger partial charge in [-0.25, -0.2) is 19.9 Å². The number of aryl methyl sites for hydroxylation is 2. The third-order valence-corrected chi connectivity index (χ3v) is 5.40. The van der Waals surface area contributed by atoms with Crippen molar-refractivity contribution in [3.05, 3.63) is 36.5 Å². The van der Waals surface area contributed by atoms with E-state index in [2.05, 4.69) is 42.0 Å². The molecule has 148 valence electrons. The molecule has 1 aliphatic heterocycles. The number of hydrogen-bond acceptors (Lipinski definition) is 8. The average molecular weight is 390 g/mol. The summed E-state index contributed by atoms with van der Waals surface area (Å²) >= 11 is 0. The molecular weight excluding hydrogens is 368 g/mol. The maximum atomic E-state index is 5.40. The lowest BCUT2D eigenvalue weighted by atomic mass is 10.2. The Hall–Kier alpha value is -3.49. The zero-order valence-electron chi connectivity index (χ0n) is 16.7. The van der Waals surface area contributed by atoms with Gasteiger partial charge in [0.2, 0.25) is 5.88 Å². The second-order valence-corrected chi connectivity index (χ2v) is 7.16. The van der Waals surface area contributed by atoms with Crippen LogP contribution in [0.15, 0.2) is 30.7 Å². The van der Waals surface area contributed by atoms with Gasteiger partial charge in [-0.2, -0.15) is 5.10 Å². The minimum atomic E-state index is 0.603.